The smallest absolute Gasteiger partial charge is 0.359 e. The standard InChI is InChI=1S/C16H18N2O6/c1-4-24-16(23)12-14(21)13(20)11(15(22)17(2)3)18(12)9-5-7-10(19)8-6-9/h5-8,19-21H,4H2,1-3H3. The molecule has 24 heavy (non-hydrogen) atoms. The van der Waals surface area contributed by atoms with Gasteiger partial charge in [0.05, 0.1) is 6.61 Å². The molecule has 8 nitrogen and oxygen atoms in total. The molecule has 0 atom stereocenters. The number of esters is 1. The molecule has 1 aromatic heterocycles. The van der Waals surface area contributed by atoms with E-state index in [0.717, 1.165) is 4.57 Å². The van der Waals surface area contributed by atoms with Gasteiger partial charge in [0.15, 0.2) is 22.9 Å². The van der Waals surface area contributed by atoms with Crippen LogP contribution in [0.2, 0.25) is 0 Å². The molecule has 0 aliphatic carbocycles. The second-order valence-electron chi connectivity index (χ2n) is 5.17. The Morgan fingerprint density at radius 1 is 1.04 bits per heavy atom. The van der Waals surface area contributed by atoms with Gasteiger partial charge in [-0.3, -0.25) is 9.36 Å². The highest BCUT2D eigenvalue weighted by molar-refractivity contribution is 6.02. The first-order valence-corrected chi connectivity index (χ1v) is 7.14. The maximum Gasteiger partial charge on any atom is 0.359 e. The highest BCUT2D eigenvalue weighted by Gasteiger charge is 2.33. The summed E-state index contributed by atoms with van der Waals surface area (Å²) in [7, 11) is 2.94. The molecule has 0 aliphatic heterocycles. The van der Waals surface area contributed by atoms with Gasteiger partial charge in [-0.2, -0.15) is 0 Å². The molecule has 1 heterocycles. The molecule has 8 heteroatoms. The van der Waals surface area contributed by atoms with Crippen LogP contribution >= 0.6 is 0 Å². The van der Waals surface area contributed by atoms with Gasteiger partial charge in [-0.25, -0.2) is 4.79 Å². The summed E-state index contributed by atoms with van der Waals surface area (Å²) < 4.78 is 6.00. The van der Waals surface area contributed by atoms with E-state index in [1.165, 1.54) is 43.3 Å². The van der Waals surface area contributed by atoms with Crippen molar-refractivity contribution in [2.75, 3.05) is 20.7 Å². The van der Waals surface area contributed by atoms with E-state index >= 15 is 0 Å². The number of carbonyl (C=O) groups is 2. The molecule has 0 bridgehead atoms. The fraction of sp³-hybridized carbons (Fsp3) is 0.250. The molecule has 0 saturated heterocycles. The molecule has 0 radical (unpaired) electrons. The summed E-state index contributed by atoms with van der Waals surface area (Å²) in [5.41, 5.74) is -0.367. The first-order valence-electron chi connectivity index (χ1n) is 7.14. The summed E-state index contributed by atoms with van der Waals surface area (Å²) in [5.74, 6) is -2.99. The Morgan fingerprint density at radius 3 is 2.08 bits per heavy atom. The number of rotatable bonds is 4. The fourth-order valence-electron chi connectivity index (χ4n) is 2.20. The lowest BCUT2D eigenvalue weighted by molar-refractivity contribution is 0.0513. The fourth-order valence-corrected chi connectivity index (χ4v) is 2.20. The van der Waals surface area contributed by atoms with Crippen molar-refractivity contribution in [1.29, 1.82) is 0 Å². The van der Waals surface area contributed by atoms with Gasteiger partial charge in [-0.05, 0) is 31.2 Å². The monoisotopic (exact) mass is 334 g/mol. The SMILES string of the molecule is CCOC(=O)c1c(O)c(O)c(C(=O)N(C)C)n1-c1ccc(O)cc1. The molecule has 2 rings (SSSR count). The van der Waals surface area contributed by atoms with Crippen LogP contribution in [0.4, 0.5) is 0 Å². The minimum Gasteiger partial charge on any atom is -0.508 e. The van der Waals surface area contributed by atoms with E-state index in [1.54, 1.807) is 6.92 Å². The quantitative estimate of drug-likeness (QED) is 0.730. The number of aromatic nitrogens is 1. The molecule has 0 unspecified atom stereocenters. The van der Waals surface area contributed by atoms with Gasteiger partial charge in [0.1, 0.15) is 5.75 Å². The zero-order valence-corrected chi connectivity index (χ0v) is 13.5. The van der Waals surface area contributed by atoms with Crippen molar-refractivity contribution >= 4 is 11.9 Å². The third-order valence-corrected chi connectivity index (χ3v) is 3.31. The molecule has 0 fully saturated rings. The van der Waals surface area contributed by atoms with Crippen LogP contribution in [-0.2, 0) is 4.74 Å². The van der Waals surface area contributed by atoms with Crippen molar-refractivity contribution in [2.45, 2.75) is 6.92 Å². The summed E-state index contributed by atoms with van der Waals surface area (Å²) in [6.45, 7) is 1.64. The van der Waals surface area contributed by atoms with Crippen LogP contribution in [0.25, 0.3) is 5.69 Å². The predicted molar refractivity (Wildman–Crippen MR) is 84.7 cm³/mol. The van der Waals surface area contributed by atoms with E-state index in [0.29, 0.717) is 0 Å². The second kappa shape index (κ2) is 6.53. The van der Waals surface area contributed by atoms with Gasteiger partial charge >= 0.3 is 5.97 Å². The number of phenols is 1. The highest BCUT2D eigenvalue weighted by atomic mass is 16.5. The van der Waals surface area contributed by atoms with Crippen LogP contribution < -0.4 is 0 Å². The molecule has 0 aliphatic rings. The molecule has 1 aromatic carbocycles. The lowest BCUT2D eigenvalue weighted by Crippen LogP contribution is -2.25. The maximum atomic E-state index is 12.4. The summed E-state index contributed by atoms with van der Waals surface area (Å²) in [6.07, 6.45) is 0. The summed E-state index contributed by atoms with van der Waals surface area (Å²) in [5, 5.41) is 29.7. The number of nitrogens with zero attached hydrogens (tertiary/aromatic N) is 2. The number of aromatic hydroxyl groups is 3. The topological polar surface area (TPSA) is 112 Å². The number of carbonyl (C=O) groups excluding carboxylic acids is 2. The van der Waals surface area contributed by atoms with Crippen molar-refractivity contribution in [1.82, 2.24) is 9.47 Å². The Balaban J connectivity index is 2.80. The van der Waals surface area contributed by atoms with Crippen LogP contribution in [0.3, 0.4) is 0 Å². The van der Waals surface area contributed by atoms with Gasteiger partial charge in [-0.1, -0.05) is 0 Å². The molecule has 128 valence electrons. The molecule has 2 aromatic rings. The highest BCUT2D eigenvalue weighted by Crippen LogP contribution is 2.39. The average molecular weight is 334 g/mol. The lowest BCUT2D eigenvalue weighted by atomic mass is 10.2. The zero-order chi connectivity index (χ0) is 18.0. The Bertz CT molecular complexity index is 777. The summed E-state index contributed by atoms with van der Waals surface area (Å²) in [4.78, 5) is 25.8. The second-order valence-corrected chi connectivity index (χ2v) is 5.17. The summed E-state index contributed by atoms with van der Waals surface area (Å²) >= 11 is 0. The number of hydrogen-bond donors (Lipinski definition) is 3. The van der Waals surface area contributed by atoms with Gasteiger partial charge in [-0.15, -0.1) is 0 Å². The van der Waals surface area contributed by atoms with Crippen LogP contribution in [0, 0.1) is 0 Å². The van der Waals surface area contributed by atoms with Crippen LogP contribution in [-0.4, -0.2) is 57.4 Å². The molecular weight excluding hydrogens is 316 g/mol. The minimum atomic E-state index is -0.892. The normalized spacial score (nSPS) is 10.5. The van der Waals surface area contributed by atoms with Gasteiger partial charge in [0, 0.05) is 19.8 Å². The van der Waals surface area contributed by atoms with E-state index in [1.807, 2.05) is 0 Å². The third-order valence-electron chi connectivity index (χ3n) is 3.31. The number of amides is 1. The molecule has 0 spiro atoms. The van der Waals surface area contributed by atoms with Crippen molar-refractivity contribution in [2.24, 2.45) is 0 Å². The van der Waals surface area contributed by atoms with Crippen molar-refractivity contribution in [3.8, 4) is 22.9 Å². The predicted octanol–water partition coefficient (Wildman–Crippen LogP) is 1.47. The van der Waals surface area contributed by atoms with E-state index in [9.17, 15) is 24.9 Å². The molecular formula is C16H18N2O6. The first-order chi connectivity index (χ1) is 11.3. The minimum absolute atomic E-state index is 0.0162. The average Bonchev–Trinajstić information content (AvgIpc) is 2.79. The Morgan fingerprint density at radius 2 is 1.58 bits per heavy atom. The van der Waals surface area contributed by atoms with Gasteiger partial charge < -0.3 is 25.0 Å². The van der Waals surface area contributed by atoms with Gasteiger partial charge in [0.2, 0.25) is 0 Å². The maximum absolute atomic E-state index is 12.4. The van der Waals surface area contributed by atoms with E-state index in [4.69, 9.17) is 4.74 Å². The van der Waals surface area contributed by atoms with E-state index in [-0.39, 0.29) is 29.4 Å². The number of ether oxygens (including phenoxy) is 1. The van der Waals surface area contributed by atoms with Crippen molar-refractivity contribution in [3.63, 3.8) is 0 Å². The Kier molecular flexibility index (Phi) is 4.68. The van der Waals surface area contributed by atoms with Crippen LogP contribution in [0.15, 0.2) is 24.3 Å². The number of phenolic OH excluding ortho intramolecular Hbond substituents is 1. The number of hydrogen-bond acceptors (Lipinski definition) is 6. The Labute approximate surface area is 138 Å². The largest absolute Gasteiger partial charge is 0.508 e. The van der Waals surface area contributed by atoms with E-state index in [2.05, 4.69) is 0 Å². The molecule has 1 amide bonds. The summed E-state index contributed by atoms with van der Waals surface area (Å²) in [6, 6.07) is 5.57. The van der Waals surface area contributed by atoms with Gasteiger partial charge in [0.25, 0.3) is 5.91 Å². The van der Waals surface area contributed by atoms with Crippen LogP contribution in [0.5, 0.6) is 17.2 Å². The molecule has 0 saturated carbocycles. The molecule has 3 N–H and O–H groups in total. The Hall–Kier alpha value is -3.16. The van der Waals surface area contributed by atoms with Crippen molar-refractivity contribution < 1.29 is 29.6 Å². The van der Waals surface area contributed by atoms with Crippen molar-refractivity contribution in [3.05, 3.63) is 35.7 Å². The number of benzene rings is 1. The lowest BCUT2D eigenvalue weighted by Gasteiger charge is -2.15. The zero-order valence-electron chi connectivity index (χ0n) is 13.5. The third kappa shape index (κ3) is 2.85. The first kappa shape index (κ1) is 17.2. The van der Waals surface area contributed by atoms with Crippen LogP contribution in [0.1, 0.15) is 27.9 Å². The van der Waals surface area contributed by atoms with E-state index < -0.39 is 23.4 Å².